The summed E-state index contributed by atoms with van der Waals surface area (Å²) < 4.78 is 20.0. The van der Waals surface area contributed by atoms with E-state index in [1.54, 1.807) is 12.3 Å². The first-order valence-corrected chi connectivity index (χ1v) is 9.88. The number of carbonyl (C=O) groups excluding carboxylic acids is 2. The van der Waals surface area contributed by atoms with Crippen LogP contribution in [-0.2, 0) is 16.1 Å². The molecule has 3 rings (SSSR count). The van der Waals surface area contributed by atoms with Gasteiger partial charge in [0.05, 0.1) is 36.5 Å². The van der Waals surface area contributed by atoms with Crippen molar-refractivity contribution >= 4 is 29.7 Å². The minimum Gasteiger partial charge on any atom is -0.442 e. The number of benzene rings is 1. The largest absolute Gasteiger partial charge is 0.442 e. The number of anilines is 2. The van der Waals surface area contributed by atoms with Gasteiger partial charge in [0.1, 0.15) is 11.9 Å². The summed E-state index contributed by atoms with van der Waals surface area (Å²) in [7, 11) is 0. The molecule has 1 aliphatic heterocycles. The number of hydrogen-bond acceptors (Lipinski definition) is 6. The van der Waals surface area contributed by atoms with Gasteiger partial charge in [0.2, 0.25) is 5.91 Å². The second-order valence-corrected chi connectivity index (χ2v) is 7.01. The molecule has 2 amide bonds. The molecule has 1 fully saturated rings. The molecule has 3 N–H and O–H groups in total. The first-order chi connectivity index (χ1) is 15.0. The molecule has 9 nitrogen and oxygen atoms in total. The molecule has 1 aliphatic rings. The van der Waals surface area contributed by atoms with Crippen molar-refractivity contribution in [2.45, 2.75) is 19.6 Å². The maximum atomic E-state index is 14.8. The molecule has 0 unspecified atom stereocenters. The third kappa shape index (κ3) is 5.98. The van der Waals surface area contributed by atoms with Gasteiger partial charge >= 0.3 is 6.09 Å². The third-order valence-electron chi connectivity index (χ3n) is 4.72. The molecule has 0 spiro atoms. The van der Waals surface area contributed by atoms with Gasteiger partial charge in [0.25, 0.3) is 0 Å². The van der Waals surface area contributed by atoms with Gasteiger partial charge in [-0.2, -0.15) is 0 Å². The van der Waals surface area contributed by atoms with Crippen LogP contribution >= 0.6 is 0 Å². The van der Waals surface area contributed by atoms with Crippen LogP contribution in [0.3, 0.4) is 0 Å². The number of hydrogen-bond donors (Lipinski definition) is 3. The number of aromatic nitrogens is 1. The fourth-order valence-electron chi connectivity index (χ4n) is 3.17. The lowest BCUT2D eigenvalue weighted by Gasteiger charge is -2.21. The highest BCUT2D eigenvalue weighted by atomic mass is 19.1. The second kappa shape index (κ2) is 10.5. The number of carbonyl (C=O) groups is 2. The Kier molecular flexibility index (Phi) is 7.50. The number of nitrogens with zero attached hydrogens (tertiary/aromatic N) is 3. The maximum absolute atomic E-state index is 14.8. The van der Waals surface area contributed by atoms with Gasteiger partial charge in [0.15, 0.2) is 0 Å². The maximum Gasteiger partial charge on any atom is 0.414 e. The van der Waals surface area contributed by atoms with E-state index in [4.69, 9.17) is 10.1 Å². The van der Waals surface area contributed by atoms with Gasteiger partial charge in [-0.05, 0) is 30.3 Å². The summed E-state index contributed by atoms with van der Waals surface area (Å²) in [6.45, 7) is 3.28. The molecule has 0 bridgehead atoms. The lowest BCUT2D eigenvalue weighted by Crippen LogP contribution is -2.33. The van der Waals surface area contributed by atoms with Crippen molar-refractivity contribution < 1.29 is 18.7 Å². The molecule has 10 heteroatoms. The Labute approximate surface area is 179 Å². The first kappa shape index (κ1) is 22.2. The van der Waals surface area contributed by atoms with Crippen LogP contribution in [0.4, 0.5) is 20.6 Å². The van der Waals surface area contributed by atoms with Crippen molar-refractivity contribution in [3.05, 3.63) is 54.1 Å². The van der Waals surface area contributed by atoms with Crippen LogP contribution in [0.2, 0.25) is 0 Å². The van der Waals surface area contributed by atoms with Gasteiger partial charge in [-0.15, -0.1) is 0 Å². The fraction of sp³-hybridized carbons (Fsp3) is 0.333. The molecular weight excluding hydrogens is 403 g/mol. The van der Waals surface area contributed by atoms with Crippen LogP contribution in [-0.4, -0.2) is 55.6 Å². The molecule has 0 aliphatic carbocycles. The van der Waals surface area contributed by atoms with Crippen molar-refractivity contribution in [1.29, 1.82) is 5.41 Å². The number of halogens is 1. The topological polar surface area (TPSA) is 111 Å². The van der Waals surface area contributed by atoms with Crippen LogP contribution < -0.4 is 20.4 Å². The van der Waals surface area contributed by atoms with Crippen molar-refractivity contribution in [3.63, 3.8) is 0 Å². The second-order valence-electron chi connectivity index (χ2n) is 7.01. The van der Waals surface area contributed by atoms with E-state index in [1.165, 1.54) is 28.9 Å². The summed E-state index contributed by atoms with van der Waals surface area (Å²) in [6.07, 6.45) is 1.69. The summed E-state index contributed by atoms with van der Waals surface area (Å²) in [4.78, 5) is 30.2. The molecule has 0 radical (unpaired) electrons. The average Bonchev–Trinajstić information content (AvgIpc) is 3.14. The van der Waals surface area contributed by atoms with Gasteiger partial charge in [-0.25, -0.2) is 9.18 Å². The summed E-state index contributed by atoms with van der Waals surface area (Å²) in [5.74, 6) is -0.769. The fourth-order valence-corrected chi connectivity index (χ4v) is 3.17. The van der Waals surface area contributed by atoms with E-state index < -0.39 is 18.0 Å². The Hall–Kier alpha value is -3.53. The normalized spacial score (nSPS) is 15.5. The van der Waals surface area contributed by atoms with Crippen LogP contribution in [0, 0.1) is 11.2 Å². The van der Waals surface area contributed by atoms with E-state index in [9.17, 15) is 14.0 Å². The number of nitrogens with one attached hydrogen (secondary N) is 3. The molecule has 1 saturated heterocycles. The third-order valence-corrected chi connectivity index (χ3v) is 4.72. The number of pyridine rings is 1. The van der Waals surface area contributed by atoms with Gasteiger partial charge in [-0.3, -0.25) is 20.1 Å². The Balaban J connectivity index is 1.57. The lowest BCUT2D eigenvalue weighted by atomic mass is 10.2. The molecule has 1 aromatic carbocycles. The molecule has 2 heterocycles. The van der Waals surface area contributed by atoms with E-state index in [0.717, 1.165) is 12.0 Å². The Morgan fingerprint density at radius 2 is 2.26 bits per heavy atom. The number of cyclic esters (lactones) is 1. The molecule has 1 atom stereocenters. The van der Waals surface area contributed by atoms with E-state index in [1.807, 2.05) is 18.2 Å². The number of rotatable bonds is 10. The Morgan fingerprint density at radius 3 is 2.94 bits per heavy atom. The van der Waals surface area contributed by atoms with Crippen molar-refractivity contribution in [3.8, 4) is 0 Å². The highest BCUT2D eigenvalue weighted by Crippen LogP contribution is 2.27. The van der Waals surface area contributed by atoms with Gasteiger partial charge in [0, 0.05) is 32.8 Å². The summed E-state index contributed by atoms with van der Waals surface area (Å²) in [5.41, 5.74) is 1.49. The smallest absolute Gasteiger partial charge is 0.414 e. The van der Waals surface area contributed by atoms with Gasteiger partial charge < -0.3 is 20.3 Å². The summed E-state index contributed by atoms with van der Waals surface area (Å²) in [6, 6.07) is 10.0. The van der Waals surface area contributed by atoms with Crippen LogP contribution in [0.5, 0.6) is 0 Å². The van der Waals surface area contributed by atoms with Crippen molar-refractivity contribution in [1.82, 2.24) is 15.6 Å². The number of amides is 2. The summed E-state index contributed by atoms with van der Waals surface area (Å²) in [5, 5.41) is 13.4. The molecule has 2 aromatic rings. The Morgan fingerprint density at radius 1 is 1.42 bits per heavy atom. The first-order valence-electron chi connectivity index (χ1n) is 9.88. The quantitative estimate of drug-likeness (QED) is 0.303. The molecule has 164 valence electrons. The van der Waals surface area contributed by atoms with Gasteiger partial charge in [-0.1, -0.05) is 6.07 Å². The minimum absolute atomic E-state index is 0.200. The zero-order valence-corrected chi connectivity index (χ0v) is 17.2. The monoisotopic (exact) mass is 428 g/mol. The van der Waals surface area contributed by atoms with Crippen LogP contribution in [0.15, 0.2) is 42.6 Å². The molecule has 1 aromatic heterocycles. The molecular formula is C21H25FN6O3. The summed E-state index contributed by atoms with van der Waals surface area (Å²) >= 11 is 0. The highest BCUT2D eigenvalue weighted by molar-refractivity contribution is 5.90. The Bertz CT molecular complexity index is 927. The van der Waals surface area contributed by atoms with E-state index in [2.05, 4.69) is 15.6 Å². The van der Waals surface area contributed by atoms with Crippen LogP contribution in [0.1, 0.15) is 12.6 Å². The number of ether oxygens (including phenoxy) is 1. The van der Waals surface area contributed by atoms with E-state index in [0.29, 0.717) is 25.3 Å². The van der Waals surface area contributed by atoms with Crippen molar-refractivity contribution in [2.24, 2.45) is 0 Å². The van der Waals surface area contributed by atoms with Crippen LogP contribution in [0.25, 0.3) is 0 Å². The lowest BCUT2D eigenvalue weighted by molar-refractivity contribution is -0.119. The average molecular weight is 428 g/mol. The predicted molar refractivity (Wildman–Crippen MR) is 115 cm³/mol. The van der Waals surface area contributed by atoms with Crippen molar-refractivity contribution in [2.75, 3.05) is 36.0 Å². The predicted octanol–water partition coefficient (Wildman–Crippen LogP) is 1.89. The minimum atomic E-state index is -0.592. The molecule has 0 saturated carbocycles. The zero-order chi connectivity index (χ0) is 22.2. The van der Waals surface area contributed by atoms with E-state index >= 15 is 0 Å². The standard InChI is InChI=1S/C21H25FN6O3/c1-15(29)26-12-18-13-28(21(30)31-18)17-5-6-20(19(22)10-17)27(14-23)9-8-24-11-16-4-2-3-7-25-16/h2-7,10,14,18,23-24H,8-9,11-13H2,1H3,(H,26,29)/t18-/m0/s1. The molecule has 31 heavy (non-hydrogen) atoms. The SMILES string of the molecule is CC(=O)NC[C@H]1CN(c2ccc(N(C=N)CCNCc3ccccn3)c(F)c2)C(=O)O1. The van der Waals surface area contributed by atoms with E-state index in [-0.39, 0.29) is 24.7 Å². The zero-order valence-electron chi connectivity index (χ0n) is 17.2. The highest BCUT2D eigenvalue weighted by Gasteiger charge is 2.32.